The zero-order valence-corrected chi connectivity index (χ0v) is 23.6. The van der Waals surface area contributed by atoms with Crippen molar-refractivity contribution in [2.24, 2.45) is 16.7 Å². The number of rotatable bonds is 8. The van der Waals surface area contributed by atoms with E-state index in [1.165, 1.54) is 17.3 Å². The highest BCUT2D eigenvalue weighted by atomic mass is 35.5. The largest absolute Gasteiger partial charge is 0.387 e. The number of ether oxygens (including phenoxy) is 1. The topological polar surface area (TPSA) is 209 Å². The number of hydrogen-bond donors (Lipinski definition) is 6. The molecule has 5 rings (SSSR count). The maximum atomic E-state index is 12.0. The number of imidazole rings is 1. The average molecular weight is 596 g/mol. The minimum atomic E-state index is -4.83. The molecule has 2 aromatic rings. The molecule has 2 bridgehead atoms. The first kappa shape index (κ1) is 28.4. The van der Waals surface area contributed by atoms with Gasteiger partial charge in [0.1, 0.15) is 18.3 Å². The zero-order chi connectivity index (χ0) is 27.8. The summed E-state index contributed by atoms with van der Waals surface area (Å²) in [6.45, 7) is 6.19. The lowest BCUT2D eigenvalue weighted by Gasteiger charge is -2.39. The second-order valence-electron chi connectivity index (χ2n) is 11.3. The molecule has 8 atom stereocenters. The van der Waals surface area contributed by atoms with Crippen LogP contribution in [0.5, 0.6) is 0 Å². The summed E-state index contributed by atoms with van der Waals surface area (Å²) in [5.41, 5.74) is 0.855. The molecule has 2 aromatic heterocycles. The van der Waals surface area contributed by atoms with Gasteiger partial charge in [-0.3, -0.25) is 13.7 Å². The summed E-state index contributed by atoms with van der Waals surface area (Å²) >= 11 is 6.26. The van der Waals surface area contributed by atoms with E-state index < -0.39 is 52.2 Å². The minimum Gasteiger partial charge on any atom is -0.387 e. The number of fused-ring (bicyclic) bond motifs is 3. The Morgan fingerprint density at radius 1 is 1.21 bits per heavy atom. The lowest BCUT2D eigenvalue weighted by molar-refractivity contribution is -0.0483. The summed E-state index contributed by atoms with van der Waals surface area (Å²) in [7, 11) is -9.51. The van der Waals surface area contributed by atoms with Crippen molar-refractivity contribution in [1.82, 2.24) is 19.5 Å². The van der Waals surface area contributed by atoms with E-state index in [4.69, 9.17) is 30.6 Å². The number of halogens is 1. The van der Waals surface area contributed by atoms with Crippen LogP contribution in [0.25, 0.3) is 11.2 Å². The van der Waals surface area contributed by atoms with Crippen LogP contribution < -0.4 is 5.32 Å². The predicted octanol–water partition coefficient (Wildman–Crippen LogP) is 2.06. The van der Waals surface area contributed by atoms with Gasteiger partial charge in [-0.05, 0) is 47.6 Å². The highest BCUT2D eigenvalue weighted by Crippen LogP contribution is 2.66. The van der Waals surface area contributed by atoms with Gasteiger partial charge in [0.05, 0.1) is 12.9 Å². The molecule has 3 heterocycles. The fourth-order valence-electron chi connectivity index (χ4n) is 6.32. The number of aliphatic hydroxyl groups excluding tert-OH is 2. The first-order valence-corrected chi connectivity index (χ1v) is 16.2. The Hall–Kier alpha value is -1.18. The van der Waals surface area contributed by atoms with Crippen molar-refractivity contribution in [3.63, 3.8) is 0 Å². The van der Waals surface area contributed by atoms with Gasteiger partial charge in [0.15, 0.2) is 29.1 Å². The van der Waals surface area contributed by atoms with Crippen LogP contribution in [0, 0.1) is 16.7 Å². The van der Waals surface area contributed by atoms with Gasteiger partial charge in [-0.2, -0.15) is 9.97 Å². The molecule has 2 aliphatic carbocycles. The van der Waals surface area contributed by atoms with E-state index in [0.717, 1.165) is 12.8 Å². The number of hydrogen-bond acceptors (Lipinski definition) is 10. The molecule has 3 aliphatic rings. The third-order valence-corrected chi connectivity index (χ3v) is 12.5. The Balaban J connectivity index is 1.37. The second-order valence-corrected chi connectivity index (χ2v) is 15.6. The Labute approximate surface area is 223 Å². The first-order valence-electron chi connectivity index (χ1n) is 12.2. The monoisotopic (exact) mass is 595 g/mol. The second kappa shape index (κ2) is 9.44. The molecule has 6 N–H and O–H groups in total. The highest BCUT2D eigenvalue weighted by molar-refractivity contribution is 7.70. The molecule has 0 radical (unpaired) electrons. The highest BCUT2D eigenvalue weighted by Gasteiger charge is 2.61. The average Bonchev–Trinajstić information content (AvgIpc) is 3.44. The Kier molecular flexibility index (Phi) is 7.04. The van der Waals surface area contributed by atoms with Gasteiger partial charge in [0, 0.05) is 6.04 Å². The van der Waals surface area contributed by atoms with Crippen molar-refractivity contribution in [3.8, 4) is 0 Å². The maximum absolute atomic E-state index is 12.0. The molecular formula is C21H32ClN5O9P2. The van der Waals surface area contributed by atoms with E-state index in [1.54, 1.807) is 0 Å². The smallest absolute Gasteiger partial charge is 0.340 e. The molecule has 212 valence electrons. The van der Waals surface area contributed by atoms with E-state index in [-0.39, 0.29) is 27.8 Å². The molecule has 0 aromatic carbocycles. The maximum Gasteiger partial charge on any atom is 0.340 e. The van der Waals surface area contributed by atoms with E-state index in [2.05, 4.69) is 41.0 Å². The van der Waals surface area contributed by atoms with Crippen molar-refractivity contribution in [2.45, 2.75) is 70.6 Å². The molecule has 17 heteroatoms. The van der Waals surface area contributed by atoms with Crippen LogP contribution in [-0.4, -0.2) is 81.3 Å². The zero-order valence-electron chi connectivity index (χ0n) is 21.0. The molecule has 38 heavy (non-hydrogen) atoms. The third-order valence-electron chi connectivity index (χ3n) is 8.91. The molecule has 3 fully saturated rings. The molecule has 2 saturated carbocycles. The summed E-state index contributed by atoms with van der Waals surface area (Å²) < 4.78 is 34.9. The summed E-state index contributed by atoms with van der Waals surface area (Å²) in [5, 5.41) is 24.6. The fourth-order valence-corrected chi connectivity index (χ4v) is 9.06. The first-order chi connectivity index (χ1) is 17.5. The van der Waals surface area contributed by atoms with Crippen LogP contribution >= 0.6 is 26.8 Å². The van der Waals surface area contributed by atoms with E-state index in [0.29, 0.717) is 17.3 Å². The van der Waals surface area contributed by atoms with Gasteiger partial charge < -0.3 is 39.5 Å². The van der Waals surface area contributed by atoms with E-state index in [9.17, 15) is 24.2 Å². The van der Waals surface area contributed by atoms with Crippen LogP contribution in [0.2, 0.25) is 5.28 Å². The number of aliphatic hydroxyl groups is 2. The van der Waals surface area contributed by atoms with Gasteiger partial charge in [-0.25, -0.2) is 4.98 Å². The van der Waals surface area contributed by atoms with Gasteiger partial charge in [0.2, 0.25) is 5.28 Å². The Morgan fingerprint density at radius 3 is 2.53 bits per heavy atom. The van der Waals surface area contributed by atoms with Crippen LogP contribution in [0.1, 0.15) is 46.3 Å². The van der Waals surface area contributed by atoms with E-state index >= 15 is 0 Å². The molecular weight excluding hydrogens is 564 g/mol. The number of anilines is 1. The lowest BCUT2D eigenvalue weighted by Crippen LogP contribution is -2.40. The van der Waals surface area contributed by atoms with Gasteiger partial charge in [-0.1, -0.05) is 20.8 Å². The van der Waals surface area contributed by atoms with Crippen LogP contribution in [0.4, 0.5) is 5.82 Å². The number of aromatic nitrogens is 4. The SMILES string of the molecule is CC1(C)[C@@H]2CC[C@@]1(C)C(Nc1nc(Cl)nc3c1ncn3[C@@H]1O[C@H](COP(=O)(O)CP(=O)(O)O)[C@H](O)[C@@H]1O)C2. The van der Waals surface area contributed by atoms with Crippen molar-refractivity contribution in [2.75, 3.05) is 17.8 Å². The van der Waals surface area contributed by atoms with Crippen molar-refractivity contribution >= 4 is 43.8 Å². The van der Waals surface area contributed by atoms with Crippen LogP contribution in [0.15, 0.2) is 6.33 Å². The molecule has 0 spiro atoms. The lowest BCUT2D eigenvalue weighted by atomic mass is 9.69. The summed E-state index contributed by atoms with van der Waals surface area (Å²) in [6, 6.07) is 0.148. The molecule has 1 aliphatic heterocycles. The van der Waals surface area contributed by atoms with Crippen molar-refractivity contribution in [3.05, 3.63) is 11.6 Å². The third kappa shape index (κ3) is 4.83. The normalized spacial score (nSPS) is 36.1. The van der Waals surface area contributed by atoms with Gasteiger partial charge in [-0.15, -0.1) is 0 Å². The standard InChI is InChI=1S/C21H32ClN5O9P2/c1-20(2)10-4-5-21(20,3)12(6-10)24-16-13-17(26-19(22)25-16)27(8-23-13)18-15(29)14(28)11(36-18)7-35-38(33,34)9-37(30,31)32/h8,10-12,14-15,18,28-29H,4-7,9H2,1-3H3,(H,33,34)(H,24,25,26)(H2,30,31,32)/t10-,11-,12?,14+,15+,18-,21+/m1/s1. The molecule has 0 amide bonds. The Bertz CT molecular complexity index is 1340. The van der Waals surface area contributed by atoms with Crippen molar-refractivity contribution < 1.29 is 43.3 Å². The van der Waals surface area contributed by atoms with Gasteiger partial charge in [0.25, 0.3) is 0 Å². The van der Waals surface area contributed by atoms with Crippen LogP contribution in [-0.2, 0) is 18.4 Å². The summed E-state index contributed by atoms with van der Waals surface area (Å²) in [4.78, 5) is 40.7. The summed E-state index contributed by atoms with van der Waals surface area (Å²) in [5.74, 6) is -0.349. The molecule has 1 saturated heterocycles. The number of nitrogens with zero attached hydrogens (tertiary/aromatic N) is 4. The number of nitrogens with one attached hydrogen (secondary N) is 1. The fraction of sp³-hybridized carbons (Fsp3) is 0.762. The minimum absolute atomic E-state index is 0.0536. The van der Waals surface area contributed by atoms with E-state index in [1.807, 2.05) is 0 Å². The molecule has 14 nitrogen and oxygen atoms in total. The summed E-state index contributed by atoms with van der Waals surface area (Å²) in [6.07, 6.45) is -0.903. The molecule has 2 unspecified atom stereocenters. The van der Waals surface area contributed by atoms with Gasteiger partial charge >= 0.3 is 15.2 Å². The van der Waals surface area contributed by atoms with Crippen molar-refractivity contribution in [1.29, 1.82) is 0 Å². The predicted molar refractivity (Wildman–Crippen MR) is 136 cm³/mol. The van der Waals surface area contributed by atoms with Crippen LogP contribution in [0.3, 0.4) is 0 Å². The quantitative estimate of drug-likeness (QED) is 0.191. The Morgan fingerprint density at radius 2 is 1.92 bits per heavy atom.